The number of nitrogens with one attached hydrogen (secondary N) is 1. The van der Waals surface area contributed by atoms with E-state index in [9.17, 15) is 9.59 Å². The molecule has 0 aromatic rings. The highest BCUT2D eigenvalue weighted by Crippen LogP contribution is 2.31. The second-order valence-electron chi connectivity index (χ2n) is 7.67. The third-order valence-electron chi connectivity index (χ3n) is 5.96. The van der Waals surface area contributed by atoms with Crippen molar-refractivity contribution < 1.29 is 9.59 Å². The quantitative estimate of drug-likeness (QED) is 0.859. The van der Waals surface area contributed by atoms with Gasteiger partial charge in [0.15, 0.2) is 0 Å². The molecule has 3 rings (SSSR count). The molecule has 1 heterocycles. The molecule has 1 N–H and O–H groups in total. The minimum atomic E-state index is 0.132. The first kappa shape index (κ1) is 16.7. The Labute approximate surface area is 139 Å². The summed E-state index contributed by atoms with van der Waals surface area (Å²) in [5.74, 6) is 0.844. The first-order valence-electron chi connectivity index (χ1n) is 9.41. The molecule has 0 atom stereocenters. The van der Waals surface area contributed by atoms with Crippen LogP contribution in [0.3, 0.4) is 0 Å². The van der Waals surface area contributed by atoms with E-state index in [0.29, 0.717) is 11.9 Å². The van der Waals surface area contributed by atoms with Crippen molar-refractivity contribution in [2.24, 2.45) is 11.8 Å². The van der Waals surface area contributed by atoms with Gasteiger partial charge in [0.05, 0.1) is 0 Å². The Morgan fingerprint density at radius 1 is 0.826 bits per heavy atom. The molecule has 0 spiro atoms. The van der Waals surface area contributed by atoms with E-state index in [-0.39, 0.29) is 17.7 Å². The van der Waals surface area contributed by atoms with Gasteiger partial charge in [0.1, 0.15) is 0 Å². The smallest absolute Gasteiger partial charge is 0.225 e. The lowest BCUT2D eigenvalue weighted by Gasteiger charge is -2.36. The number of rotatable bonds is 3. The minimum absolute atomic E-state index is 0.132. The first-order valence-corrected chi connectivity index (χ1v) is 9.41. The molecule has 0 radical (unpaired) electrons. The predicted molar refractivity (Wildman–Crippen MR) is 89.9 cm³/mol. The molecule has 5 nitrogen and oxygen atoms in total. The summed E-state index contributed by atoms with van der Waals surface area (Å²) in [6, 6.07) is 0.409. The van der Waals surface area contributed by atoms with Crippen LogP contribution in [0.25, 0.3) is 0 Å². The van der Waals surface area contributed by atoms with Gasteiger partial charge in [-0.15, -0.1) is 0 Å². The summed E-state index contributed by atoms with van der Waals surface area (Å²) in [6.07, 6.45) is 8.30. The van der Waals surface area contributed by atoms with Gasteiger partial charge in [-0.05, 0) is 45.6 Å². The maximum absolute atomic E-state index is 12.6. The van der Waals surface area contributed by atoms with Crippen LogP contribution in [0.5, 0.6) is 0 Å². The van der Waals surface area contributed by atoms with E-state index < -0.39 is 0 Å². The highest BCUT2D eigenvalue weighted by molar-refractivity contribution is 5.81. The summed E-state index contributed by atoms with van der Waals surface area (Å²) < 4.78 is 0. The molecular weight excluding hydrogens is 290 g/mol. The second kappa shape index (κ2) is 7.65. The van der Waals surface area contributed by atoms with Crippen molar-refractivity contribution in [3.8, 4) is 0 Å². The molecule has 2 saturated carbocycles. The summed E-state index contributed by atoms with van der Waals surface area (Å²) in [7, 11) is 2.11. The van der Waals surface area contributed by atoms with E-state index in [2.05, 4.69) is 17.3 Å². The van der Waals surface area contributed by atoms with Gasteiger partial charge in [0.2, 0.25) is 11.8 Å². The van der Waals surface area contributed by atoms with Gasteiger partial charge < -0.3 is 15.1 Å². The maximum atomic E-state index is 12.6. The third kappa shape index (κ3) is 4.25. The summed E-state index contributed by atoms with van der Waals surface area (Å²) in [5.41, 5.74) is 0. The molecule has 2 amide bonds. The molecule has 5 heteroatoms. The Kier molecular flexibility index (Phi) is 5.57. The average Bonchev–Trinajstić information content (AvgIpc) is 3.08. The van der Waals surface area contributed by atoms with Crippen LogP contribution >= 0.6 is 0 Å². The Bertz CT molecular complexity index is 418. The van der Waals surface area contributed by atoms with E-state index in [4.69, 9.17) is 0 Å². The van der Waals surface area contributed by atoms with Crippen molar-refractivity contribution >= 4 is 11.8 Å². The summed E-state index contributed by atoms with van der Waals surface area (Å²) >= 11 is 0. The maximum Gasteiger partial charge on any atom is 0.225 e. The topological polar surface area (TPSA) is 52.7 Å². The Morgan fingerprint density at radius 2 is 1.39 bits per heavy atom. The van der Waals surface area contributed by atoms with Gasteiger partial charge in [0, 0.05) is 44.1 Å². The van der Waals surface area contributed by atoms with Gasteiger partial charge in [-0.1, -0.05) is 12.8 Å². The van der Waals surface area contributed by atoms with Gasteiger partial charge >= 0.3 is 0 Å². The van der Waals surface area contributed by atoms with Crippen molar-refractivity contribution in [1.29, 1.82) is 0 Å². The number of carbonyl (C=O) groups is 2. The van der Waals surface area contributed by atoms with Gasteiger partial charge in [-0.25, -0.2) is 0 Å². The fraction of sp³-hybridized carbons (Fsp3) is 0.889. The van der Waals surface area contributed by atoms with E-state index >= 15 is 0 Å². The largest absolute Gasteiger partial charge is 0.353 e. The number of nitrogens with zero attached hydrogens (tertiary/aromatic N) is 2. The Balaban J connectivity index is 1.42. The number of amides is 2. The molecule has 0 aromatic carbocycles. The molecule has 1 saturated heterocycles. The van der Waals surface area contributed by atoms with Crippen molar-refractivity contribution in [3.05, 3.63) is 0 Å². The van der Waals surface area contributed by atoms with E-state index in [1.165, 1.54) is 12.8 Å². The minimum Gasteiger partial charge on any atom is -0.353 e. The predicted octanol–water partition coefficient (Wildman–Crippen LogP) is 1.63. The molecular formula is C18H31N3O2. The fourth-order valence-corrected chi connectivity index (χ4v) is 4.28. The molecule has 3 aliphatic rings. The van der Waals surface area contributed by atoms with Crippen molar-refractivity contribution in [3.63, 3.8) is 0 Å². The fourth-order valence-electron chi connectivity index (χ4n) is 4.28. The summed E-state index contributed by atoms with van der Waals surface area (Å²) in [6.45, 7) is 3.67. The molecule has 0 unspecified atom stereocenters. The number of hydrogen-bond acceptors (Lipinski definition) is 3. The van der Waals surface area contributed by atoms with Crippen LogP contribution in [0.2, 0.25) is 0 Å². The first-order chi connectivity index (χ1) is 11.1. The lowest BCUT2D eigenvalue weighted by atomic mass is 9.80. The van der Waals surface area contributed by atoms with Crippen LogP contribution in [0, 0.1) is 11.8 Å². The summed E-state index contributed by atoms with van der Waals surface area (Å²) in [4.78, 5) is 29.3. The molecule has 130 valence electrons. The highest BCUT2D eigenvalue weighted by atomic mass is 16.2. The van der Waals surface area contributed by atoms with Crippen LogP contribution in [-0.4, -0.2) is 60.9 Å². The van der Waals surface area contributed by atoms with Crippen LogP contribution < -0.4 is 5.32 Å². The Hall–Kier alpha value is -1.10. The van der Waals surface area contributed by atoms with Gasteiger partial charge in [0.25, 0.3) is 0 Å². The molecule has 0 bridgehead atoms. The zero-order chi connectivity index (χ0) is 16.2. The summed E-state index contributed by atoms with van der Waals surface area (Å²) in [5, 5.41) is 3.22. The van der Waals surface area contributed by atoms with E-state index in [1.807, 2.05) is 4.90 Å². The van der Waals surface area contributed by atoms with Crippen molar-refractivity contribution in [1.82, 2.24) is 15.1 Å². The van der Waals surface area contributed by atoms with Gasteiger partial charge in [-0.3, -0.25) is 9.59 Å². The van der Waals surface area contributed by atoms with Gasteiger partial charge in [-0.2, -0.15) is 0 Å². The molecule has 2 aliphatic carbocycles. The van der Waals surface area contributed by atoms with Crippen molar-refractivity contribution in [2.75, 3.05) is 33.2 Å². The van der Waals surface area contributed by atoms with E-state index in [0.717, 1.165) is 64.7 Å². The third-order valence-corrected chi connectivity index (χ3v) is 5.96. The zero-order valence-corrected chi connectivity index (χ0v) is 14.4. The van der Waals surface area contributed by atoms with Crippen LogP contribution in [0.15, 0.2) is 0 Å². The number of piperazine rings is 1. The standard InChI is InChI=1S/C18H31N3O2/c1-20-10-12-21(13-11-20)18(23)15-8-6-14(7-9-15)17(22)19-16-4-2-3-5-16/h14-16H,2-13H2,1H3,(H,19,22). The van der Waals surface area contributed by atoms with Crippen molar-refractivity contribution in [2.45, 2.75) is 57.4 Å². The van der Waals surface area contributed by atoms with Crippen LogP contribution in [0.4, 0.5) is 0 Å². The second-order valence-corrected chi connectivity index (χ2v) is 7.67. The molecule has 0 aromatic heterocycles. The zero-order valence-electron chi connectivity index (χ0n) is 14.4. The number of carbonyl (C=O) groups excluding carboxylic acids is 2. The molecule has 1 aliphatic heterocycles. The van der Waals surface area contributed by atoms with Crippen LogP contribution in [-0.2, 0) is 9.59 Å². The number of hydrogen-bond donors (Lipinski definition) is 1. The lowest BCUT2D eigenvalue weighted by molar-refractivity contribution is -0.139. The number of likely N-dealkylation sites (N-methyl/N-ethyl adjacent to an activating group) is 1. The molecule has 23 heavy (non-hydrogen) atoms. The Morgan fingerprint density at radius 3 is 2.00 bits per heavy atom. The monoisotopic (exact) mass is 321 g/mol. The SMILES string of the molecule is CN1CCN(C(=O)C2CCC(C(=O)NC3CCCC3)CC2)CC1. The lowest BCUT2D eigenvalue weighted by Crippen LogP contribution is -2.49. The van der Waals surface area contributed by atoms with E-state index in [1.54, 1.807) is 0 Å². The normalized spacial score (nSPS) is 30.4. The van der Waals surface area contributed by atoms with Crippen LogP contribution in [0.1, 0.15) is 51.4 Å². The highest BCUT2D eigenvalue weighted by Gasteiger charge is 2.33. The average molecular weight is 321 g/mol. The molecule has 3 fully saturated rings.